The predicted octanol–water partition coefficient (Wildman–Crippen LogP) is 3.18. The smallest absolute Gasteiger partial charge is 0.0159 e. The molecule has 0 fully saturated rings. The molecule has 0 radical (unpaired) electrons. The Hall–Kier alpha value is -0.300. The van der Waals surface area contributed by atoms with E-state index in [1.54, 1.807) is 0 Å². The zero-order valence-electron chi connectivity index (χ0n) is 9.81. The Balaban J connectivity index is 0. The minimum atomic E-state index is 0.694. The molecule has 0 saturated heterocycles. The van der Waals surface area contributed by atoms with Gasteiger partial charge < -0.3 is 4.90 Å². The molecule has 0 N–H and O–H groups in total. The summed E-state index contributed by atoms with van der Waals surface area (Å²) in [4.78, 5) is 2.17. The lowest BCUT2D eigenvalue weighted by Gasteiger charge is -2.08. The van der Waals surface area contributed by atoms with Crippen LogP contribution in [0.3, 0.4) is 0 Å². The van der Waals surface area contributed by atoms with Crippen LogP contribution in [0, 0.1) is 5.92 Å². The second-order valence-electron chi connectivity index (χ2n) is 3.37. The molecule has 74 valence electrons. The summed E-state index contributed by atoms with van der Waals surface area (Å²) < 4.78 is 0. The third kappa shape index (κ3) is 9.70. The maximum absolute atomic E-state index is 2.28. The van der Waals surface area contributed by atoms with Gasteiger partial charge in [-0.1, -0.05) is 39.3 Å². The van der Waals surface area contributed by atoms with E-state index in [2.05, 4.69) is 45.8 Å². The Bertz CT molecular complexity index is 112. The quantitative estimate of drug-likeness (QED) is 0.590. The minimum absolute atomic E-state index is 0.694. The number of nitrogens with zero attached hydrogens (tertiary/aromatic N) is 1. The van der Waals surface area contributed by atoms with E-state index >= 15 is 0 Å². The summed E-state index contributed by atoms with van der Waals surface area (Å²) in [5.74, 6) is 0.694. The summed E-state index contributed by atoms with van der Waals surface area (Å²) in [5.41, 5.74) is 1.48. The SMILES string of the molecule is C/C(=C\CN(C)C)C(C)C.CC. The van der Waals surface area contributed by atoms with Crippen molar-refractivity contribution in [3.8, 4) is 0 Å². The maximum atomic E-state index is 2.28. The van der Waals surface area contributed by atoms with Gasteiger partial charge in [-0.05, 0) is 26.9 Å². The molecular weight excluding hydrogens is 146 g/mol. The fraction of sp³-hybridized carbons (Fsp3) is 0.818. The van der Waals surface area contributed by atoms with Crippen LogP contribution in [0.4, 0.5) is 0 Å². The van der Waals surface area contributed by atoms with Gasteiger partial charge in [0.25, 0.3) is 0 Å². The van der Waals surface area contributed by atoms with Crippen molar-refractivity contribution < 1.29 is 0 Å². The number of hydrogen-bond acceptors (Lipinski definition) is 1. The zero-order valence-corrected chi connectivity index (χ0v) is 9.81. The monoisotopic (exact) mass is 171 g/mol. The third-order valence-corrected chi connectivity index (χ3v) is 1.69. The van der Waals surface area contributed by atoms with Crippen LogP contribution >= 0.6 is 0 Å². The lowest BCUT2D eigenvalue weighted by molar-refractivity contribution is 0.454. The molecule has 0 aliphatic heterocycles. The molecule has 0 aromatic carbocycles. The minimum Gasteiger partial charge on any atom is -0.306 e. The molecule has 1 heteroatoms. The van der Waals surface area contributed by atoms with Crippen LogP contribution in [0.2, 0.25) is 0 Å². The van der Waals surface area contributed by atoms with Crippen LogP contribution in [0.5, 0.6) is 0 Å². The molecule has 0 rings (SSSR count). The lowest BCUT2D eigenvalue weighted by Crippen LogP contribution is -2.11. The Morgan fingerprint density at radius 1 is 1.25 bits per heavy atom. The van der Waals surface area contributed by atoms with Gasteiger partial charge in [0.1, 0.15) is 0 Å². The molecule has 0 aliphatic carbocycles. The van der Waals surface area contributed by atoms with Gasteiger partial charge in [-0.3, -0.25) is 0 Å². The van der Waals surface area contributed by atoms with E-state index in [0.717, 1.165) is 6.54 Å². The largest absolute Gasteiger partial charge is 0.306 e. The van der Waals surface area contributed by atoms with Crippen molar-refractivity contribution in [3.05, 3.63) is 11.6 Å². The van der Waals surface area contributed by atoms with Crippen LogP contribution in [-0.2, 0) is 0 Å². The first kappa shape index (κ1) is 14.2. The van der Waals surface area contributed by atoms with Crippen molar-refractivity contribution in [2.75, 3.05) is 20.6 Å². The Morgan fingerprint density at radius 3 is 1.92 bits per heavy atom. The van der Waals surface area contributed by atoms with Crippen LogP contribution in [0.15, 0.2) is 11.6 Å². The van der Waals surface area contributed by atoms with Crippen LogP contribution in [-0.4, -0.2) is 25.5 Å². The second-order valence-corrected chi connectivity index (χ2v) is 3.37. The summed E-state index contributed by atoms with van der Waals surface area (Å²) in [5, 5.41) is 0. The molecule has 12 heavy (non-hydrogen) atoms. The molecular formula is C11H25N. The highest BCUT2D eigenvalue weighted by molar-refractivity contribution is 5.01. The number of likely N-dealkylation sites (N-methyl/N-ethyl adjacent to an activating group) is 1. The van der Waals surface area contributed by atoms with Crippen molar-refractivity contribution in [1.82, 2.24) is 4.90 Å². The van der Waals surface area contributed by atoms with E-state index in [4.69, 9.17) is 0 Å². The molecule has 0 saturated carbocycles. The van der Waals surface area contributed by atoms with E-state index in [-0.39, 0.29) is 0 Å². The summed E-state index contributed by atoms with van der Waals surface area (Å²) in [6.07, 6.45) is 2.28. The number of rotatable bonds is 3. The van der Waals surface area contributed by atoms with Crippen molar-refractivity contribution in [3.63, 3.8) is 0 Å². The van der Waals surface area contributed by atoms with Gasteiger partial charge >= 0.3 is 0 Å². The molecule has 0 spiro atoms. The van der Waals surface area contributed by atoms with Gasteiger partial charge in [0, 0.05) is 6.54 Å². The molecule has 0 unspecified atom stereocenters. The lowest BCUT2D eigenvalue weighted by atomic mass is 10.1. The van der Waals surface area contributed by atoms with E-state index in [9.17, 15) is 0 Å². The molecule has 0 bridgehead atoms. The van der Waals surface area contributed by atoms with Crippen LogP contribution in [0.25, 0.3) is 0 Å². The van der Waals surface area contributed by atoms with Crippen LogP contribution < -0.4 is 0 Å². The fourth-order valence-corrected chi connectivity index (χ4v) is 0.562. The van der Waals surface area contributed by atoms with Gasteiger partial charge in [0.2, 0.25) is 0 Å². The normalized spacial score (nSPS) is 11.6. The van der Waals surface area contributed by atoms with E-state index in [0.29, 0.717) is 5.92 Å². The second kappa shape index (κ2) is 8.79. The third-order valence-electron chi connectivity index (χ3n) is 1.69. The first-order chi connectivity index (χ1) is 5.54. The standard InChI is InChI=1S/C9H19N.C2H6/c1-8(2)9(3)6-7-10(4)5;1-2/h6,8H,7H2,1-5H3;1-2H3/b9-6+;. The highest BCUT2D eigenvalue weighted by Crippen LogP contribution is 2.06. The highest BCUT2D eigenvalue weighted by atomic mass is 15.0. The Labute approximate surface area is 78.5 Å². The van der Waals surface area contributed by atoms with E-state index in [1.165, 1.54) is 5.57 Å². The molecule has 0 aromatic heterocycles. The predicted molar refractivity (Wildman–Crippen MR) is 58.5 cm³/mol. The van der Waals surface area contributed by atoms with Gasteiger partial charge in [0.15, 0.2) is 0 Å². The summed E-state index contributed by atoms with van der Waals surface area (Å²) in [6.45, 7) is 11.7. The first-order valence-electron chi connectivity index (χ1n) is 4.85. The van der Waals surface area contributed by atoms with Gasteiger partial charge in [-0.2, -0.15) is 0 Å². The molecule has 0 atom stereocenters. The average molecular weight is 171 g/mol. The van der Waals surface area contributed by atoms with Crippen molar-refractivity contribution >= 4 is 0 Å². The first-order valence-corrected chi connectivity index (χ1v) is 4.85. The molecule has 0 aliphatic rings. The average Bonchev–Trinajstić information content (AvgIpc) is 2.03. The summed E-state index contributed by atoms with van der Waals surface area (Å²) in [7, 11) is 4.17. The summed E-state index contributed by atoms with van der Waals surface area (Å²) >= 11 is 0. The van der Waals surface area contributed by atoms with Gasteiger partial charge in [0.05, 0.1) is 0 Å². The van der Waals surface area contributed by atoms with E-state index < -0.39 is 0 Å². The topological polar surface area (TPSA) is 3.24 Å². The van der Waals surface area contributed by atoms with Gasteiger partial charge in [-0.25, -0.2) is 0 Å². The Morgan fingerprint density at radius 2 is 1.67 bits per heavy atom. The van der Waals surface area contributed by atoms with Crippen molar-refractivity contribution in [2.45, 2.75) is 34.6 Å². The van der Waals surface area contributed by atoms with Crippen LogP contribution in [0.1, 0.15) is 34.6 Å². The molecule has 0 heterocycles. The van der Waals surface area contributed by atoms with Crippen molar-refractivity contribution in [1.29, 1.82) is 0 Å². The number of allylic oxidation sites excluding steroid dienone is 1. The maximum Gasteiger partial charge on any atom is 0.0159 e. The molecule has 1 nitrogen and oxygen atoms in total. The zero-order chi connectivity index (χ0) is 10.1. The highest BCUT2D eigenvalue weighted by Gasteiger charge is 1.94. The fourth-order valence-electron chi connectivity index (χ4n) is 0.562. The Kier molecular flexibility index (Phi) is 10.4. The summed E-state index contributed by atoms with van der Waals surface area (Å²) in [6, 6.07) is 0. The molecule has 0 aromatic rings. The molecule has 0 amide bonds. The van der Waals surface area contributed by atoms with Crippen molar-refractivity contribution in [2.24, 2.45) is 5.92 Å². The van der Waals surface area contributed by atoms with Gasteiger partial charge in [-0.15, -0.1) is 0 Å². The van der Waals surface area contributed by atoms with E-state index in [1.807, 2.05) is 13.8 Å². The number of hydrogen-bond donors (Lipinski definition) is 0.